The van der Waals surface area contributed by atoms with Crippen LogP contribution in [0.1, 0.15) is 82.0 Å². The lowest BCUT2D eigenvalue weighted by Crippen LogP contribution is -2.37. The molecule has 1 N–H and O–H groups in total. The van der Waals surface area contributed by atoms with Gasteiger partial charge in [-0.25, -0.2) is 4.98 Å². The van der Waals surface area contributed by atoms with Gasteiger partial charge in [-0.1, -0.05) is 24.3 Å². The lowest BCUT2D eigenvalue weighted by molar-refractivity contribution is 0.0644. The molecule has 0 saturated heterocycles. The molecule has 0 saturated carbocycles. The number of nitrogens with zero attached hydrogens (tertiary/aromatic N) is 4. The van der Waals surface area contributed by atoms with Crippen LogP contribution in [0.2, 0.25) is 0 Å². The zero-order valence-corrected chi connectivity index (χ0v) is 19.9. The Balaban J connectivity index is 1.32. The van der Waals surface area contributed by atoms with Gasteiger partial charge in [0.05, 0.1) is 28.9 Å². The molecular formula is C28H31N5O2. The molecule has 3 heterocycles. The van der Waals surface area contributed by atoms with Crippen LogP contribution in [0, 0.1) is 0 Å². The summed E-state index contributed by atoms with van der Waals surface area (Å²) in [6.07, 6.45) is 13.0. The lowest BCUT2D eigenvalue weighted by atomic mass is 9.89. The molecule has 0 bridgehead atoms. The van der Waals surface area contributed by atoms with E-state index in [0.29, 0.717) is 17.7 Å². The molecular weight excluding hydrogens is 438 g/mol. The predicted molar refractivity (Wildman–Crippen MR) is 134 cm³/mol. The summed E-state index contributed by atoms with van der Waals surface area (Å²) < 4.78 is 0. The molecule has 1 aromatic carbocycles. The Kier molecular flexibility index (Phi) is 6.86. The Bertz CT molecular complexity index is 1170. The summed E-state index contributed by atoms with van der Waals surface area (Å²) in [6, 6.07) is 11.5. The molecule has 7 heteroatoms. The third-order valence-corrected chi connectivity index (χ3v) is 7.12. The van der Waals surface area contributed by atoms with Crippen LogP contribution in [0.3, 0.4) is 0 Å². The number of unbranched alkanes of at least 4 members (excludes halogenated alkanes) is 1. The van der Waals surface area contributed by atoms with Gasteiger partial charge < -0.3 is 4.98 Å². The van der Waals surface area contributed by atoms with Crippen LogP contribution in [-0.2, 0) is 6.42 Å². The average molecular weight is 470 g/mol. The minimum atomic E-state index is -0.187. The van der Waals surface area contributed by atoms with Crippen molar-refractivity contribution in [3.63, 3.8) is 0 Å². The van der Waals surface area contributed by atoms with Gasteiger partial charge in [0, 0.05) is 25.1 Å². The third kappa shape index (κ3) is 4.56. The number of H-pyrrole nitrogens is 1. The van der Waals surface area contributed by atoms with Crippen molar-refractivity contribution in [3.05, 3.63) is 95.9 Å². The number of carbonyl (C=O) groups is 2. The number of rotatable bonds is 10. The van der Waals surface area contributed by atoms with Gasteiger partial charge in [-0.2, -0.15) is 0 Å². The average Bonchev–Trinajstić information content (AvgIpc) is 3.51. The first kappa shape index (κ1) is 23.2. The summed E-state index contributed by atoms with van der Waals surface area (Å²) in [6.45, 7) is 5.23. The normalized spacial score (nSPS) is 18.0. The van der Waals surface area contributed by atoms with E-state index in [1.807, 2.05) is 24.5 Å². The summed E-state index contributed by atoms with van der Waals surface area (Å²) >= 11 is 0. The summed E-state index contributed by atoms with van der Waals surface area (Å²) in [5.74, 6) is 0.550. The number of aryl methyl sites for hydroxylation is 1. The predicted octanol–water partition coefficient (Wildman–Crippen LogP) is 4.88. The van der Waals surface area contributed by atoms with Crippen molar-refractivity contribution in [1.82, 2.24) is 24.8 Å². The van der Waals surface area contributed by atoms with Crippen LogP contribution in [0.25, 0.3) is 0 Å². The first-order chi connectivity index (χ1) is 17.2. The highest BCUT2D eigenvalue weighted by atomic mass is 16.2. The minimum absolute atomic E-state index is 0.0553. The van der Waals surface area contributed by atoms with E-state index in [1.54, 1.807) is 30.5 Å². The fraction of sp³-hybridized carbons (Fsp3) is 0.357. The monoisotopic (exact) mass is 469 g/mol. The SMILES string of the molecule is C=CC[C@@H](c1ncc[nH]1)N(CCCCN1C(=O)c2ccccc2C1=O)C1CCCc2cccnc21. The maximum atomic E-state index is 12.7. The first-order valence-electron chi connectivity index (χ1n) is 12.4. The summed E-state index contributed by atoms with van der Waals surface area (Å²) in [7, 11) is 0. The van der Waals surface area contributed by atoms with Crippen molar-refractivity contribution in [2.75, 3.05) is 13.1 Å². The van der Waals surface area contributed by atoms with Crippen LogP contribution < -0.4 is 0 Å². The Labute approximate surface area is 205 Å². The number of carbonyl (C=O) groups excluding carboxylic acids is 2. The van der Waals surface area contributed by atoms with Gasteiger partial charge >= 0.3 is 0 Å². The van der Waals surface area contributed by atoms with Crippen molar-refractivity contribution >= 4 is 11.8 Å². The fourth-order valence-electron chi connectivity index (χ4n) is 5.46. The standard InChI is InChI=1S/C28H31N5O2/c1-2-9-24(26-30-16-17-31-26)32(23-14-7-10-20-11-8-15-29-25(20)23)18-5-6-19-33-27(34)21-12-3-4-13-22(21)28(33)35/h2-4,8,11-13,15-17,23-24H,1,5-7,9-10,14,18-19H2,(H,30,31)/t23?,24-/m0/s1. The van der Waals surface area contributed by atoms with Gasteiger partial charge in [-0.3, -0.25) is 24.4 Å². The van der Waals surface area contributed by atoms with Crippen molar-refractivity contribution in [3.8, 4) is 0 Å². The molecule has 180 valence electrons. The molecule has 2 amide bonds. The molecule has 2 aliphatic rings. The van der Waals surface area contributed by atoms with Gasteiger partial charge in [0.2, 0.25) is 0 Å². The molecule has 7 nitrogen and oxygen atoms in total. The molecule has 2 atom stereocenters. The Morgan fingerprint density at radius 1 is 1.09 bits per heavy atom. The van der Waals surface area contributed by atoms with Gasteiger partial charge in [0.25, 0.3) is 11.8 Å². The largest absolute Gasteiger partial charge is 0.347 e. The van der Waals surface area contributed by atoms with E-state index < -0.39 is 0 Å². The second-order valence-corrected chi connectivity index (χ2v) is 9.22. The fourth-order valence-corrected chi connectivity index (χ4v) is 5.46. The summed E-state index contributed by atoms with van der Waals surface area (Å²) in [4.78, 5) is 42.0. The number of amides is 2. The van der Waals surface area contributed by atoms with Crippen LogP contribution in [0.4, 0.5) is 0 Å². The maximum Gasteiger partial charge on any atom is 0.261 e. The third-order valence-electron chi connectivity index (χ3n) is 7.12. The van der Waals surface area contributed by atoms with E-state index in [-0.39, 0.29) is 23.9 Å². The van der Waals surface area contributed by atoms with Crippen LogP contribution in [-0.4, -0.2) is 49.7 Å². The first-order valence-corrected chi connectivity index (χ1v) is 12.4. The number of hydrogen-bond donors (Lipinski definition) is 1. The smallest absolute Gasteiger partial charge is 0.261 e. The molecule has 0 radical (unpaired) electrons. The number of hydrogen-bond acceptors (Lipinski definition) is 5. The molecule has 2 aromatic heterocycles. The molecule has 1 aliphatic carbocycles. The van der Waals surface area contributed by atoms with Crippen molar-refractivity contribution in [1.29, 1.82) is 0 Å². The van der Waals surface area contributed by atoms with Gasteiger partial charge in [0.1, 0.15) is 5.82 Å². The molecule has 3 aromatic rings. The molecule has 1 aliphatic heterocycles. The zero-order valence-electron chi connectivity index (χ0n) is 19.9. The second-order valence-electron chi connectivity index (χ2n) is 9.22. The molecule has 1 unspecified atom stereocenters. The van der Waals surface area contributed by atoms with E-state index in [1.165, 1.54) is 10.5 Å². The van der Waals surface area contributed by atoms with Crippen molar-refractivity contribution < 1.29 is 9.59 Å². The number of aromatic amines is 1. The minimum Gasteiger partial charge on any atom is -0.347 e. The number of benzene rings is 1. The number of imide groups is 1. The number of fused-ring (bicyclic) bond motifs is 2. The Morgan fingerprint density at radius 3 is 2.60 bits per heavy atom. The number of nitrogens with one attached hydrogen (secondary N) is 1. The van der Waals surface area contributed by atoms with E-state index in [4.69, 9.17) is 4.98 Å². The summed E-state index contributed by atoms with van der Waals surface area (Å²) in [5, 5.41) is 0. The number of imidazole rings is 1. The van der Waals surface area contributed by atoms with E-state index in [9.17, 15) is 9.59 Å². The lowest BCUT2D eigenvalue weighted by Gasteiger charge is -2.39. The van der Waals surface area contributed by atoms with Gasteiger partial charge in [-0.15, -0.1) is 6.58 Å². The van der Waals surface area contributed by atoms with E-state index in [0.717, 1.165) is 56.6 Å². The molecule has 0 spiro atoms. The highest BCUT2D eigenvalue weighted by Gasteiger charge is 2.35. The zero-order chi connectivity index (χ0) is 24.2. The van der Waals surface area contributed by atoms with Gasteiger partial charge in [-0.05, 0) is 68.8 Å². The van der Waals surface area contributed by atoms with Crippen molar-refractivity contribution in [2.45, 2.75) is 50.6 Å². The topological polar surface area (TPSA) is 82.2 Å². The maximum absolute atomic E-state index is 12.7. The molecule has 35 heavy (non-hydrogen) atoms. The quantitative estimate of drug-likeness (QED) is 0.260. The highest BCUT2D eigenvalue weighted by Crippen LogP contribution is 2.38. The second kappa shape index (κ2) is 10.4. The Morgan fingerprint density at radius 2 is 1.89 bits per heavy atom. The van der Waals surface area contributed by atoms with Crippen LogP contribution in [0.15, 0.2) is 67.6 Å². The van der Waals surface area contributed by atoms with E-state index in [2.05, 4.69) is 27.5 Å². The van der Waals surface area contributed by atoms with Crippen LogP contribution in [0.5, 0.6) is 0 Å². The number of aromatic nitrogens is 3. The van der Waals surface area contributed by atoms with Gasteiger partial charge in [0.15, 0.2) is 0 Å². The van der Waals surface area contributed by atoms with Crippen molar-refractivity contribution in [2.24, 2.45) is 0 Å². The highest BCUT2D eigenvalue weighted by molar-refractivity contribution is 6.21. The Hall–Kier alpha value is -3.58. The van der Waals surface area contributed by atoms with E-state index >= 15 is 0 Å². The number of pyridine rings is 1. The molecule has 5 rings (SSSR count). The van der Waals surface area contributed by atoms with Crippen LogP contribution >= 0.6 is 0 Å². The summed E-state index contributed by atoms with van der Waals surface area (Å²) in [5.41, 5.74) is 3.48. The molecule has 0 fully saturated rings.